The molecule has 0 amide bonds. The third kappa shape index (κ3) is 3.20. The molecule has 1 fully saturated rings. The summed E-state index contributed by atoms with van der Waals surface area (Å²) < 4.78 is 0. The van der Waals surface area contributed by atoms with Crippen molar-refractivity contribution in [3.63, 3.8) is 0 Å². The van der Waals surface area contributed by atoms with E-state index in [2.05, 4.69) is 23.3 Å². The normalized spacial score (nSPS) is 22.8. The molecule has 0 radical (unpaired) electrons. The van der Waals surface area contributed by atoms with Crippen molar-refractivity contribution < 1.29 is 0 Å². The summed E-state index contributed by atoms with van der Waals surface area (Å²) in [6, 6.07) is 8.94. The van der Waals surface area contributed by atoms with E-state index in [1.54, 1.807) is 6.07 Å². The van der Waals surface area contributed by atoms with Gasteiger partial charge in [-0.25, -0.2) is 0 Å². The Kier molecular flexibility index (Phi) is 4.68. The van der Waals surface area contributed by atoms with E-state index in [0.29, 0.717) is 22.7 Å². The predicted molar refractivity (Wildman–Crippen MR) is 79.7 cm³/mol. The first-order chi connectivity index (χ1) is 9.15. The maximum absolute atomic E-state index is 9.22. The lowest BCUT2D eigenvalue weighted by Crippen LogP contribution is -2.40. The number of benzene rings is 1. The number of hydrogen-bond acceptors (Lipinski definition) is 3. The highest BCUT2D eigenvalue weighted by Gasteiger charge is 2.24. The second kappa shape index (κ2) is 6.27. The summed E-state index contributed by atoms with van der Waals surface area (Å²) in [6.07, 6.45) is 4.72. The summed E-state index contributed by atoms with van der Waals surface area (Å²) in [4.78, 5) is 2.24. The molecule has 102 valence electrons. The number of nitrogens with zero attached hydrogens (tertiary/aromatic N) is 2. The molecule has 2 rings (SSSR count). The fourth-order valence-corrected chi connectivity index (χ4v) is 3.03. The molecular weight excluding hydrogens is 258 g/mol. The van der Waals surface area contributed by atoms with Crippen molar-refractivity contribution in [3.05, 3.63) is 28.8 Å². The van der Waals surface area contributed by atoms with Gasteiger partial charge >= 0.3 is 0 Å². The van der Waals surface area contributed by atoms with E-state index in [1.165, 1.54) is 12.8 Å². The monoisotopic (exact) mass is 277 g/mol. The standard InChI is InChI=1S/C15H20ClN3/c1-18-13-4-6-14(7-5-13)19(2)15-8-3-12(16)9-11(15)10-17/h3,8-9,13-14,18H,4-7H2,1-2H3. The Morgan fingerprint density at radius 2 is 2.00 bits per heavy atom. The van der Waals surface area contributed by atoms with Gasteiger partial charge in [-0.1, -0.05) is 11.6 Å². The molecule has 1 aliphatic carbocycles. The number of nitrogens with one attached hydrogen (secondary N) is 1. The highest BCUT2D eigenvalue weighted by Crippen LogP contribution is 2.29. The van der Waals surface area contributed by atoms with Crippen molar-refractivity contribution in [3.8, 4) is 6.07 Å². The second-order valence-corrected chi connectivity index (χ2v) is 5.61. The minimum absolute atomic E-state index is 0.512. The van der Waals surface area contributed by atoms with E-state index in [4.69, 9.17) is 11.6 Å². The van der Waals surface area contributed by atoms with Crippen LogP contribution < -0.4 is 10.2 Å². The fraction of sp³-hybridized carbons (Fsp3) is 0.533. The van der Waals surface area contributed by atoms with Crippen LogP contribution >= 0.6 is 11.6 Å². The zero-order valence-corrected chi connectivity index (χ0v) is 12.2. The van der Waals surface area contributed by atoms with Gasteiger partial charge in [0.2, 0.25) is 0 Å². The largest absolute Gasteiger partial charge is 0.371 e. The van der Waals surface area contributed by atoms with Gasteiger partial charge in [0.15, 0.2) is 0 Å². The molecule has 0 atom stereocenters. The Bertz CT molecular complexity index is 473. The molecule has 0 aromatic heterocycles. The first-order valence-corrected chi connectivity index (χ1v) is 7.13. The molecule has 0 bridgehead atoms. The van der Waals surface area contributed by atoms with Gasteiger partial charge in [0.1, 0.15) is 6.07 Å². The molecule has 4 heteroatoms. The summed E-state index contributed by atoms with van der Waals surface area (Å²) in [5, 5.41) is 13.2. The lowest BCUT2D eigenvalue weighted by atomic mass is 9.90. The number of hydrogen-bond donors (Lipinski definition) is 1. The number of halogens is 1. The van der Waals surface area contributed by atoms with Gasteiger partial charge in [0, 0.05) is 24.2 Å². The highest BCUT2D eigenvalue weighted by molar-refractivity contribution is 6.30. The highest BCUT2D eigenvalue weighted by atomic mass is 35.5. The maximum atomic E-state index is 9.22. The van der Waals surface area contributed by atoms with Crippen LogP contribution in [-0.2, 0) is 0 Å². The van der Waals surface area contributed by atoms with Crippen molar-refractivity contribution >= 4 is 17.3 Å². The smallest absolute Gasteiger partial charge is 0.101 e. The van der Waals surface area contributed by atoms with E-state index in [9.17, 15) is 5.26 Å². The number of rotatable bonds is 3. The van der Waals surface area contributed by atoms with Gasteiger partial charge in [-0.15, -0.1) is 0 Å². The van der Waals surface area contributed by atoms with E-state index in [1.807, 2.05) is 19.2 Å². The summed E-state index contributed by atoms with van der Waals surface area (Å²) in [6.45, 7) is 0. The van der Waals surface area contributed by atoms with Crippen LogP contribution in [0, 0.1) is 11.3 Å². The van der Waals surface area contributed by atoms with Gasteiger partial charge in [0.25, 0.3) is 0 Å². The molecule has 0 heterocycles. The first kappa shape index (κ1) is 14.2. The Balaban J connectivity index is 2.12. The molecule has 1 aromatic rings. The van der Waals surface area contributed by atoms with Crippen LogP contribution in [0.4, 0.5) is 5.69 Å². The lowest BCUT2D eigenvalue weighted by molar-refractivity contribution is 0.351. The van der Waals surface area contributed by atoms with Crippen LogP contribution in [0.25, 0.3) is 0 Å². The van der Waals surface area contributed by atoms with Crippen molar-refractivity contribution in [2.24, 2.45) is 0 Å². The van der Waals surface area contributed by atoms with Gasteiger partial charge < -0.3 is 10.2 Å². The first-order valence-electron chi connectivity index (χ1n) is 6.75. The van der Waals surface area contributed by atoms with Gasteiger partial charge in [-0.2, -0.15) is 5.26 Å². The Morgan fingerprint density at radius 1 is 1.32 bits per heavy atom. The van der Waals surface area contributed by atoms with Gasteiger partial charge in [-0.05, 0) is 50.9 Å². The molecule has 3 nitrogen and oxygen atoms in total. The minimum atomic E-state index is 0.512. The summed E-state index contributed by atoms with van der Waals surface area (Å²) in [7, 11) is 4.11. The zero-order valence-electron chi connectivity index (χ0n) is 11.5. The molecule has 1 aliphatic rings. The van der Waals surface area contributed by atoms with Crippen molar-refractivity contribution in [1.29, 1.82) is 5.26 Å². The van der Waals surface area contributed by atoms with E-state index < -0.39 is 0 Å². The van der Waals surface area contributed by atoms with Crippen LogP contribution in [0.2, 0.25) is 5.02 Å². The van der Waals surface area contributed by atoms with Crippen LogP contribution in [0.3, 0.4) is 0 Å². The van der Waals surface area contributed by atoms with Crippen LogP contribution in [0.1, 0.15) is 31.2 Å². The third-order valence-corrected chi connectivity index (χ3v) is 4.35. The second-order valence-electron chi connectivity index (χ2n) is 5.18. The molecule has 0 aliphatic heterocycles. The Labute approximate surface area is 120 Å². The number of anilines is 1. The lowest BCUT2D eigenvalue weighted by Gasteiger charge is -2.36. The van der Waals surface area contributed by atoms with Crippen LogP contribution in [-0.4, -0.2) is 26.2 Å². The molecule has 0 unspecified atom stereocenters. The van der Waals surface area contributed by atoms with E-state index in [-0.39, 0.29) is 0 Å². The predicted octanol–water partition coefficient (Wildman–Crippen LogP) is 3.18. The van der Waals surface area contributed by atoms with E-state index in [0.717, 1.165) is 18.5 Å². The molecule has 0 spiro atoms. The molecule has 0 saturated heterocycles. The Morgan fingerprint density at radius 3 is 2.58 bits per heavy atom. The van der Waals surface area contributed by atoms with Crippen LogP contribution in [0.5, 0.6) is 0 Å². The third-order valence-electron chi connectivity index (χ3n) is 4.11. The zero-order chi connectivity index (χ0) is 13.8. The van der Waals surface area contributed by atoms with Crippen molar-refractivity contribution in [2.45, 2.75) is 37.8 Å². The average molecular weight is 278 g/mol. The van der Waals surface area contributed by atoms with E-state index >= 15 is 0 Å². The summed E-state index contributed by atoms with van der Waals surface area (Å²) >= 11 is 5.95. The van der Waals surface area contributed by atoms with Gasteiger partial charge in [-0.3, -0.25) is 0 Å². The Hall–Kier alpha value is -1.24. The van der Waals surface area contributed by atoms with Crippen molar-refractivity contribution in [2.75, 3.05) is 19.0 Å². The number of nitriles is 1. The maximum Gasteiger partial charge on any atom is 0.101 e. The molecule has 1 saturated carbocycles. The molecular formula is C15H20ClN3. The molecule has 1 N–H and O–H groups in total. The quantitative estimate of drug-likeness (QED) is 0.922. The fourth-order valence-electron chi connectivity index (χ4n) is 2.85. The average Bonchev–Trinajstić information content (AvgIpc) is 2.46. The minimum Gasteiger partial charge on any atom is -0.371 e. The summed E-state index contributed by atoms with van der Waals surface area (Å²) in [5.41, 5.74) is 1.64. The molecule has 19 heavy (non-hydrogen) atoms. The topological polar surface area (TPSA) is 39.1 Å². The molecule has 1 aromatic carbocycles. The van der Waals surface area contributed by atoms with Crippen LogP contribution in [0.15, 0.2) is 18.2 Å². The van der Waals surface area contributed by atoms with Gasteiger partial charge in [0.05, 0.1) is 11.3 Å². The van der Waals surface area contributed by atoms with Crippen molar-refractivity contribution in [1.82, 2.24) is 5.32 Å². The summed E-state index contributed by atoms with van der Waals surface area (Å²) in [5.74, 6) is 0. The SMILES string of the molecule is CNC1CCC(N(C)c2ccc(Cl)cc2C#N)CC1.